The van der Waals surface area contributed by atoms with Crippen molar-refractivity contribution in [3.8, 4) is 5.75 Å². The average Bonchev–Trinajstić information content (AvgIpc) is 2.40. The van der Waals surface area contributed by atoms with Gasteiger partial charge >= 0.3 is 5.97 Å². The first-order valence-corrected chi connectivity index (χ1v) is 6.28. The molecule has 2 rings (SSSR count). The molecule has 0 saturated heterocycles. The van der Waals surface area contributed by atoms with E-state index >= 15 is 0 Å². The molecule has 0 radical (unpaired) electrons. The third kappa shape index (κ3) is 3.25. The zero-order valence-corrected chi connectivity index (χ0v) is 11.4. The molecule has 0 heterocycles. The van der Waals surface area contributed by atoms with Crippen molar-refractivity contribution in [3.63, 3.8) is 0 Å². The molecule has 19 heavy (non-hydrogen) atoms. The van der Waals surface area contributed by atoms with E-state index in [1.807, 2.05) is 43.3 Å². The molecular weight excluding hydrogens is 240 g/mol. The largest absolute Gasteiger partial charge is 0.497 e. The molecule has 0 saturated carbocycles. The molecular formula is C16H18O3. The van der Waals surface area contributed by atoms with Crippen molar-refractivity contribution in [2.75, 3.05) is 7.11 Å². The highest BCUT2D eigenvalue weighted by Crippen LogP contribution is 2.30. The summed E-state index contributed by atoms with van der Waals surface area (Å²) in [6, 6.07) is 7.84. The van der Waals surface area contributed by atoms with E-state index in [-0.39, 0.29) is 18.0 Å². The van der Waals surface area contributed by atoms with E-state index in [0.29, 0.717) is 0 Å². The first-order chi connectivity index (χ1) is 9.10. The van der Waals surface area contributed by atoms with Crippen LogP contribution in [-0.2, 0) is 9.53 Å². The highest BCUT2D eigenvalue weighted by atomic mass is 16.5. The molecule has 0 fully saturated rings. The summed E-state index contributed by atoms with van der Waals surface area (Å²) < 4.78 is 10.5. The van der Waals surface area contributed by atoms with Crippen molar-refractivity contribution < 1.29 is 14.3 Å². The van der Waals surface area contributed by atoms with Gasteiger partial charge in [0.1, 0.15) is 11.9 Å². The Kier molecular flexibility index (Phi) is 4.05. The second-order valence-electron chi connectivity index (χ2n) is 4.64. The summed E-state index contributed by atoms with van der Waals surface area (Å²) in [7, 11) is 1.64. The molecule has 0 aliphatic heterocycles. The van der Waals surface area contributed by atoms with Gasteiger partial charge in [-0.25, -0.2) is 0 Å². The SMILES string of the molecule is COc1ccc([C@@H]2C=C(C)C=CC2OC(C)=O)cc1. The molecule has 1 aliphatic carbocycles. The highest BCUT2D eigenvalue weighted by molar-refractivity contribution is 5.66. The zero-order chi connectivity index (χ0) is 13.8. The molecule has 0 N–H and O–H groups in total. The standard InChI is InChI=1S/C16H18O3/c1-11-4-9-16(19-12(2)17)15(10-11)13-5-7-14(18-3)8-6-13/h4-10,15-16H,1-3H3/t15-,16?/m0/s1. The van der Waals surface area contributed by atoms with Crippen molar-refractivity contribution in [2.45, 2.75) is 25.9 Å². The van der Waals surface area contributed by atoms with Gasteiger partial charge in [-0.05, 0) is 30.7 Å². The molecule has 2 atom stereocenters. The minimum Gasteiger partial charge on any atom is -0.497 e. The predicted octanol–water partition coefficient (Wildman–Crippen LogP) is 3.23. The van der Waals surface area contributed by atoms with E-state index in [0.717, 1.165) is 11.3 Å². The van der Waals surface area contributed by atoms with Gasteiger partial charge in [-0.2, -0.15) is 0 Å². The Morgan fingerprint density at radius 3 is 2.47 bits per heavy atom. The van der Waals surface area contributed by atoms with Gasteiger partial charge in [0.2, 0.25) is 0 Å². The van der Waals surface area contributed by atoms with Crippen LogP contribution in [0.4, 0.5) is 0 Å². The van der Waals surface area contributed by atoms with Crippen LogP contribution in [0.3, 0.4) is 0 Å². The molecule has 1 aromatic rings. The van der Waals surface area contributed by atoms with E-state index in [9.17, 15) is 4.79 Å². The Labute approximate surface area is 113 Å². The Hall–Kier alpha value is -2.03. The lowest BCUT2D eigenvalue weighted by atomic mass is 9.87. The number of rotatable bonds is 3. The maximum atomic E-state index is 11.2. The third-order valence-corrected chi connectivity index (χ3v) is 3.15. The first kappa shape index (κ1) is 13.4. The minimum absolute atomic E-state index is 0.0554. The average molecular weight is 258 g/mol. The summed E-state index contributed by atoms with van der Waals surface area (Å²) >= 11 is 0. The maximum absolute atomic E-state index is 11.2. The van der Waals surface area contributed by atoms with Gasteiger partial charge in [0.05, 0.1) is 7.11 Å². The second kappa shape index (κ2) is 5.74. The van der Waals surface area contributed by atoms with Crippen molar-refractivity contribution in [1.29, 1.82) is 0 Å². The Morgan fingerprint density at radius 2 is 1.89 bits per heavy atom. The number of carbonyl (C=O) groups is 1. The summed E-state index contributed by atoms with van der Waals surface area (Å²) in [5.74, 6) is 0.612. The third-order valence-electron chi connectivity index (χ3n) is 3.15. The topological polar surface area (TPSA) is 35.5 Å². The number of hydrogen-bond donors (Lipinski definition) is 0. The monoisotopic (exact) mass is 258 g/mol. The minimum atomic E-state index is -0.263. The van der Waals surface area contributed by atoms with Gasteiger partial charge < -0.3 is 9.47 Å². The van der Waals surface area contributed by atoms with Crippen molar-refractivity contribution in [1.82, 2.24) is 0 Å². The van der Waals surface area contributed by atoms with Crippen molar-refractivity contribution in [3.05, 3.63) is 53.6 Å². The van der Waals surface area contributed by atoms with Gasteiger partial charge in [0.15, 0.2) is 0 Å². The summed E-state index contributed by atoms with van der Waals surface area (Å²) in [6.45, 7) is 3.47. The molecule has 0 amide bonds. The molecule has 1 unspecified atom stereocenters. The fourth-order valence-corrected chi connectivity index (χ4v) is 2.22. The molecule has 1 aliphatic rings. The number of allylic oxidation sites excluding steroid dienone is 2. The van der Waals surface area contributed by atoms with Gasteiger partial charge in [-0.15, -0.1) is 0 Å². The fourth-order valence-electron chi connectivity index (χ4n) is 2.22. The molecule has 0 spiro atoms. The lowest BCUT2D eigenvalue weighted by molar-refractivity contribution is -0.144. The molecule has 3 heteroatoms. The quantitative estimate of drug-likeness (QED) is 0.781. The number of methoxy groups -OCH3 is 1. The van der Waals surface area contributed by atoms with E-state index in [4.69, 9.17) is 9.47 Å². The van der Waals surface area contributed by atoms with Crippen LogP contribution in [-0.4, -0.2) is 19.2 Å². The molecule has 100 valence electrons. The van der Waals surface area contributed by atoms with Crippen LogP contribution < -0.4 is 4.74 Å². The van der Waals surface area contributed by atoms with E-state index < -0.39 is 0 Å². The zero-order valence-electron chi connectivity index (χ0n) is 11.4. The fraction of sp³-hybridized carbons (Fsp3) is 0.312. The van der Waals surface area contributed by atoms with Crippen LogP contribution in [0, 0.1) is 0 Å². The van der Waals surface area contributed by atoms with Gasteiger partial charge in [0, 0.05) is 12.8 Å². The molecule has 0 bridgehead atoms. The number of hydrogen-bond acceptors (Lipinski definition) is 3. The van der Waals surface area contributed by atoms with Gasteiger partial charge in [0.25, 0.3) is 0 Å². The number of ether oxygens (including phenoxy) is 2. The number of benzene rings is 1. The summed E-state index contributed by atoms with van der Waals surface area (Å²) in [5, 5.41) is 0. The summed E-state index contributed by atoms with van der Waals surface area (Å²) in [6.07, 6.45) is 5.80. The van der Waals surface area contributed by atoms with Crippen molar-refractivity contribution in [2.24, 2.45) is 0 Å². The Morgan fingerprint density at radius 1 is 1.21 bits per heavy atom. The smallest absolute Gasteiger partial charge is 0.303 e. The Bertz CT molecular complexity index is 511. The van der Waals surface area contributed by atoms with Crippen LogP contribution >= 0.6 is 0 Å². The van der Waals surface area contributed by atoms with Crippen LogP contribution in [0.1, 0.15) is 25.3 Å². The van der Waals surface area contributed by atoms with Gasteiger partial charge in [-0.3, -0.25) is 4.79 Å². The first-order valence-electron chi connectivity index (χ1n) is 6.28. The van der Waals surface area contributed by atoms with Gasteiger partial charge in [-0.1, -0.05) is 29.9 Å². The van der Waals surface area contributed by atoms with Crippen LogP contribution in [0.25, 0.3) is 0 Å². The van der Waals surface area contributed by atoms with E-state index in [2.05, 4.69) is 6.08 Å². The number of carbonyl (C=O) groups excluding carboxylic acids is 1. The molecule has 3 nitrogen and oxygen atoms in total. The van der Waals surface area contributed by atoms with E-state index in [1.54, 1.807) is 7.11 Å². The molecule has 1 aromatic carbocycles. The lowest BCUT2D eigenvalue weighted by Gasteiger charge is -2.25. The number of esters is 1. The normalized spacial score (nSPS) is 21.7. The summed E-state index contributed by atoms with van der Waals surface area (Å²) in [5.41, 5.74) is 2.28. The lowest BCUT2D eigenvalue weighted by Crippen LogP contribution is -2.23. The molecule has 0 aromatic heterocycles. The summed E-state index contributed by atoms with van der Waals surface area (Å²) in [4.78, 5) is 11.2. The van der Waals surface area contributed by atoms with Crippen LogP contribution in [0.2, 0.25) is 0 Å². The highest BCUT2D eigenvalue weighted by Gasteiger charge is 2.24. The van der Waals surface area contributed by atoms with E-state index in [1.165, 1.54) is 12.5 Å². The maximum Gasteiger partial charge on any atom is 0.303 e. The van der Waals surface area contributed by atoms with Crippen LogP contribution in [0.5, 0.6) is 5.75 Å². The second-order valence-corrected chi connectivity index (χ2v) is 4.64. The Balaban J connectivity index is 2.26. The predicted molar refractivity (Wildman–Crippen MR) is 74.2 cm³/mol. The van der Waals surface area contributed by atoms with Crippen molar-refractivity contribution >= 4 is 5.97 Å². The van der Waals surface area contributed by atoms with Crippen LogP contribution in [0.15, 0.2) is 48.1 Å².